The number of rotatable bonds is 6. The van der Waals surface area contributed by atoms with Crippen LogP contribution in [-0.4, -0.2) is 0 Å². The molecule has 0 aliphatic rings. The van der Waals surface area contributed by atoms with Crippen LogP contribution in [0, 0.1) is 0 Å². The summed E-state index contributed by atoms with van der Waals surface area (Å²) in [5.74, 6) is 0. The molecule has 4 heteroatoms. The molecule has 0 amide bonds. The van der Waals surface area contributed by atoms with Gasteiger partial charge in [-0.15, -0.1) is 0 Å². The molecule has 0 radical (unpaired) electrons. The molecule has 7 aromatic rings. The van der Waals surface area contributed by atoms with Crippen molar-refractivity contribution < 1.29 is 14.8 Å². The van der Waals surface area contributed by atoms with Crippen molar-refractivity contribution >= 4 is 67.4 Å². The summed E-state index contributed by atoms with van der Waals surface area (Å²) in [6.07, 6.45) is 0. The zero-order valence-electron chi connectivity index (χ0n) is 24.8. The fraction of sp³-hybridized carbons (Fsp3) is 0. The molecule has 0 N–H and O–H groups in total. The summed E-state index contributed by atoms with van der Waals surface area (Å²) in [6, 6.07) is 74.7. The summed E-state index contributed by atoms with van der Waals surface area (Å²) in [5, 5.41) is 8.39. The van der Waals surface area contributed by atoms with E-state index in [0.717, 1.165) is 0 Å². The molecule has 0 saturated carbocycles. The Morgan fingerprint density at radius 1 is 0.289 bits per heavy atom. The zero-order valence-corrected chi connectivity index (χ0v) is 30.5. The summed E-state index contributed by atoms with van der Waals surface area (Å²) in [6.45, 7) is 0. The van der Waals surface area contributed by atoms with Crippen LogP contribution in [0.25, 0.3) is 0 Å². The first-order chi connectivity index (χ1) is 22.4. The predicted molar refractivity (Wildman–Crippen MR) is 206 cm³/mol. The fourth-order valence-electron chi connectivity index (χ4n) is 4.68. The largest absolute Gasteiger partial charge is 0.214 e. The van der Waals surface area contributed by atoms with Gasteiger partial charge >= 0.3 is 34.5 Å². The molecule has 0 fully saturated rings. The summed E-state index contributed by atoms with van der Waals surface area (Å²) >= 11 is 4.40. The number of hydrogen-bond donors (Lipinski definition) is 0. The minimum absolute atomic E-state index is 0.446. The van der Waals surface area contributed by atoms with Gasteiger partial charge in [0.2, 0.25) is 0 Å². The molecule has 0 atom stereocenters. The van der Waals surface area contributed by atoms with E-state index >= 15 is 0 Å². The van der Waals surface area contributed by atoms with Crippen molar-refractivity contribution in [2.45, 2.75) is 0 Å². The second-order valence-electron chi connectivity index (χ2n) is 9.65. The smallest absolute Gasteiger partial charge is 0.0134 e. The Kier molecular flexibility index (Phi) is 16.1. The van der Waals surface area contributed by atoms with Crippen molar-refractivity contribution in [2.75, 3.05) is 0 Å². The molecule has 7 aromatic carbocycles. The summed E-state index contributed by atoms with van der Waals surface area (Å²) in [4.78, 5) is 0. The van der Waals surface area contributed by atoms with Crippen molar-refractivity contribution in [1.82, 2.24) is 0 Å². The van der Waals surface area contributed by atoms with Crippen LogP contribution in [0.1, 0.15) is 0 Å². The van der Waals surface area contributed by atoms with Crippen LogP contribution >= 0.6 is 35.6 Å². The molecule has 0 aliphatic heterocycles. The predicted octanol–water partition coefficient (Wildman–Crippen LogP) is 9.18. The molecule has 0 spiro atoms. The van der Waals surface area contributed by atoms with E-state index < -0.39 is 15.8 Å². The van der Waals surface area contributed by atoms with Gasteiger partial charge in [-0.25, -0.2) is 12.1 Å². The van der Waals surface area contributed by atoms with E-state index in [2.05, 4.69) is 217 Å². The van der Waals surface area contributed by atoms with Crippen LogP contribution < -0.4 is 31.8 Å². The van der Waals surface area contributed by atoms with Crippen LogP contribution in [-0.2, 0) is 14.8 Å². The van der Waals surface area contributed by atoms with Crippen molar-refractivity contribution in [3.05, 3.63) is 212 Å². The van der Waals surface area contributed by atoms with Crippen LogP contribution in [0.4, 0.5) is 0 Å². The van der Waals surface area contributed by atoms with Crippen molar-refractivity contribution in [3.63, 3.8) is 0 Å². The van der Waals surface area contributed by atoms with E-state index in [1.165, 1.54) is 31.8 Å². The third-order valence-corrected chi connectivity index (χ3v) is 11.5. The normalized spacial score (nSPS) is 9.96. The molecule has 45 heavy (non-hydrogen) atoms. The van der Waals surface area contributed by atoms with Crippen LogP contribution in [0.15, 0.2) is 212 Å². The Morgan fingerprint density at radius 2 is 0.467 bits per heavy atom. The maximum absolute atomic E-state index is 2.32. The van der Waals surface area contributed by atoms with Gasteiger partial charge in [-0.2, -0.15) is 18.2 Å². The molecule has 0 bridgehead atoms. The first kappa shape index (κ1) is 34.8. The van der Waals surface area contributed by atoms with Gasteiger partial charge in [0.25, 0.3) is 0 Å². The van der Waals surface area contributed by atoms with Crippen LogP contribution in [0.5, 0.6) is 0 Å². The Balaban J connectivity index is 0.000000169. The summed E-state index contributed by atoms with van der Waals surface area (Å²) < 4.78 is 0. The minimum atomic E-state index is -0.446. The minimum Gasteiger partial charge on any atom is -0.214 e. The molecule has 224 valence electrons. The molecule has 0 aromatic heterocycles. The van der Waals surface area contributed by atoms with Crippen LogP contribution in [0.3, 0.4) is 0 Å². The topological polar surface area (TPSA) is 0 Å². The molecule has 0 saturated heterocycles. The number of hydrogen-bond acceptors (Lipinski definition) is 0. The molecule has 0 unspecified atom stereocenters. The van der Waals surface area contributed by atoms with E-state index in [-0.39, 0.29) is 0 Å². The first-order valence-electron chi connectivity index (χ1n) is 14.6. The molecule has 0 aliphatic carbocycles. The first-order valence-corrected chi connectivity index (χ1v) is 22.5. The maximum atomic E-state index is 2.32. The Labute approximate surface area is 292 Å². The SMILES string of the molecule is [Ru+][I].c1cc[cH-]c1.c1ccc(P(c2ccccc2)c2ccccc2)cc1.c1ccc(P(c2ccccc2)c2ccccc2)cc1. The zero-order chi connectivity index (χ0) is 31.4. The van der Waals surface area contributed by atoms with Crippen molar-refractivity contribution in [3.8, 4) is 0 Å². The average molecular weight is 818 g/mol. The second-order valence-corrected chi connectivity index (χ2v) is 14.1. The summed E-state index contributed by atoms with van der Waals surface area (Å²) in [7, 11) is -0.892. The van der Waals surface area contributed by atoms with Gasteiger partial charge in [-0.3, -0.25) is 0 Å². The van der Waals surface area contributed by atoms with E-state index in [0.29, 0.717) is 0 Å². The number of halogens is 1. The van der Waals surface area contributed by atoms with Gasteiger partial charge in [0, 0.05) is 0 Å². The number of benzene rings is 6. The van der Waals surface area contributed by atoms with Gasteiger partial charge in [-0.1, -0.05) is 182 Å². The third-order valence-electron chi connectivity index (χ3n) is 6.64. The van der Waals surface area contributed by atoms with E-state index in [1.807, 2.05) is 30.3 Å². The van der Waals surface area contributed by atoms with Crippen molar-refractivity contribution in [2.24, 2.45) is 0 Å². The maximum Gasteiger partial charge on any atom is -0.0134 e. The quantitative estimate of drug-likeness (QED) is 0.0681. The molecule has 0 nitrogen and oxygen atoms in total. The molecule has 0 heterocycles. The van der Waals surface area contributed by atoms with Gasteiger partial charge < -0.3 is 0 Å². The van der Waals surface area contributed by atoms with Gasteiger partial charge in [-0.05, 0) is 47.7 Å². The van der Waals surface area contributed by atoms with Crippen LogP contribution in [0.2, 0.25) is 0 Å². The van der Waals surface area contributed by atoms with E-state index in [4.69, 9.17) is 0 Å². The third kappa shape index (κ3) is 11.3. The monoisotopic (exact) mass is 818 g/mol. The molecular weight excluding hydrogens is 782 g/mol. The molecule has 7 rings (SSSR count). The van der Waals surface area contributed by atoms with Gasteiger partial charge in [0.15, 0.2) is 0 Å². The van der Waals surface area contributed by atoms with E-state index in [1.54, 1.807) is 0 Å². The standard InChI is InChI=1S/2C18H15P.C5H5.HI.Ru/c2*1-4-10-16(11-5-1)19(17-12-6-2-7-13-17)18-14-8-3-9-15-18;1-2-4-5-3-1;;/h2*1-15H;1-5H;1H;/q;;-1;;+2/p-1. The Bertz CT molecular complexity index is 1360. The summed E-state index contributed by atoms with van der Waals surface area (Å²) in [5.41, 5.74) is 0. The van der Waals surface area contributed by atoms with E-state index in [9.17, 15) is 0 Å². The van der Waals surface area contributed by atoms with Crippen molar-refractivity contribution in [1.29, 1.82) is 0 Å². The van der Waals surface area contributed by atoms with Gasteiger partial charge in [0.05, 0.1) is 0 Å². The second kappa shape index (κ2) is 20.8. The fourth-order valence-corrected chi connectivity index (χ4v) is 9.29. The van der Waals surface area contributed by atoms with Gasteiger partial charge in [0.1, 0.15) is 0 Å². The Hall–Kier alpha value is -3.12. The Morgan fingerprint density at radius 3 is 0.600 bits per heavy atom. The molecular formula is C41H35IP2Ru. The average Bonchev–Trinajstić information content (AvgIpc) is 3.74.